The number of aliphatic hydroxyl groups is 9. The number of nitrogens with one attached hydrogen (secondary N) is 5. The number of carbonyl (C=O) groups is 9. The van der Waals surface area contributed by atoms with Gasteiger partial charge >= 0.3 is 0 Å². The van der Waals surface area contributed by atoms with E-state index in [2.05, 4.69) is 26.6 Å². The van der Waals surface area contributed by atoms with Crippen molar-refractivity contribution in [2.24, 2.45) is 0 Å². The summed E-state index contributed by atoms with van der Waals surface area (Å²) < 4.78 is 1.00. The van der Waals surface area contributed by atoms with E-state index in [1.54, 1.807) is 203 Å². The second kappa shape index (κ2) is 35.3. The Morgan fingerprint density at radius 1 is 0.378 bits per heavy atom. The van der Waals surface area contributed by atoms with Crippen molar-refractivity contribution in [3.05, 3.63) is 65.5 Å². The Labute approximate surface area is 591 Å². The first-order valence-electron chi connectivity index (χ1n) is 23.2. The van der Waals surface area contributed by atoms with Gasteiger partial charge in [0.15, 0.2) is 0 Å². The Bertz CT molecular complexity index is 2850. The second-order valence-corrected chi connectivity index (χ2v) is 26.9. The highest BCUT2D eigenvalue weighted by Crippen LogP contribution is 2.40. The lowest BCUT2D eigenvalue weighted by Gasteiger charge is -2.28. The molecule has 0 aliphatic rings. The molecule has 3 unspecified atom stereocenters. The third kappa shape index (κ3) is 19.1. The number of hydrogen-bond acceptors (Lipinski definition) is 18. The molecule has 0 aromatic heterocycles. The maximum absolute atomic E-state index is 15.3. The summed E-state index contributed by atoms with van der Waals surface area (Å²) in [6.07, 6.45) is -4.02. The maximum atomic E-state index is 15.3. The first kappa shape index (κ1) is 75.4. The van der Waals surface area contributed by atoms with Crippen LogP contribution in [0.2, 0.25) is 0 Å². The highest BCUT2D eigenvalue weighted by molar-refractivity contribution is 14.1. The quantitative estimate of drug-likeness (QED) is 0.0462. The number of rotatable bonds is 27. The normalized spacial score (nSPS) is 12.2. The number of halogens is 9. The van der Waals surface area contributed by atoms with E-state index in [0.717, 1.165) is 14.7 Å². The molecule has 0 aliphatic heterocycles. The van der Waals surface area contributed by atoms with Crippen molar-refractivity contribution in [3.8, 4) is 0 Å². The number of anilines is 3. The van der Waals surface area contributed by atoms with Gasteiger partial charge in [-0.25, -0.2) is 0 Å². The van der Waals surface area contributed by atoms with Gasteiger partial charge in [-0.3, -0.25) is 43.2 Å². The van der Waals surface area contributed by atoms with Crippen molar-refractivity contribution in [3.63, 3.8) is 0 Å². The van der Waals surface area contributed by atoms with Crippen molar-refractivity contribution >= 4 is 274 Å². The topological polar surface area (TPSA) is 409 Å². The standard InChI is InChI=1S/C46H52I9N9O18/c1-61(8-17(71)11-65)43(79)25-29(47)23(32(50)38(34(25)52)58-20(74)14-68)41(77)56-4-6-64(46(82)28-31(49)27(45(81)63(3)10-19(73)13-67)36(54)40(37(28)55)60-22(76)16-70)7-5-57-42(78)24-30(48)26(44(80)62(2)9-18(72)12-66)35(53)39(33(24)51)59-21(75)15-69/h17-19,65-73H,4-16H2,1-3H3,(H,56,77)(H,57,78)(H,58,74)(H,59,75)(H,60,76). The van der Waals surface area contributed by atoms with Crippen LogP contribution in [0.3, 0.4) is 0 Å². The number of benzene rings is 3. The minimum Gasteiger partial charge on any atom is -0.394 e. The number of nitrogens with zero attached hydrogens (tertiary/aromatic N) is 4. The largest absolute Gasteiger partial charge is 0.394 e. The number of carbonyl (C=O) groups excluding carboxylic acids is 9. The van der Waals surface area contributed by atoms with Crippen molar-refractivity contribution < 1.29 is 89.1 Å². The van der Waals surface area contributed by atoms with E-state index in [0.29, 0.717) is 0 Å². The predicted octanol–water partition coefficient (Wildman–Crippen LogP) is 0.498. The fraction of sp³-hybridized carbons (Fsp3) is 0.413. The van der Waals surface area contributed by atoms with Crippen LogP contribution in [0.25, 0.3) is 0 Å². The molecule has 0 heterocycles. The van der Waals surface area contributed by atoms with Crippen LogP contribution in [0, 0.1) is 32.1 Å². The first-order valence-corrected chi connectivity index (χ1v) is 33.0. The van der Waals surface area contributed by atoms with Gasteiger partial charge in [-0.15, -0.1) is 0 Å². The predicted molar refractivity (Wildman–Crippen MR) is 372 cm³/mol. The number of likely N-dealkylation sites (N-methyl/N-ethyl adjacent to an activating group) is 3. The van der Waals surface area contributed by atoms with Gasteiger partial charge in [0.05, 0.1) is 110 Å². The summed E-state index contributed by atoms with van der Waals surface area (Å²) in [7, 11) is 4.01. The van der Waals surface area contributed by atoms with Crippen LogP contribution in [0.4, 0.5) is 17.1 Å². The molecule has 0 spiro atoms. The van der Waals surface area contributed by atoms with Crippen LogP contribution in [0.15, 0.2) is 0 Å². The number of amides is 9. The molecule has 3 aromatic rings. The smallest absolute Gasteiger partial charge is 0.256 e. The summed E-state index contributed by atoms with van der Waals surface area (Å²) in [6, 6.07) is 0. The molecule has 0 fully saturated rings. The molecule has 3 atom stereocenters. The molecule has 0 saturated heterocycles. The van der Waals surface area contributed by atoms with Crippen LogP contribution in [-0.4, -0.2) is 244 Å². The Hall–Kier alpha value is -0.900. The molecule has 82 heavy (non-hydrogen) atoms. The minimum atomic E-state index is -1.36. The van der Waals surface area contributed by atoms with Crippen LogP contribution in [0.5, 0.6) is 0 Å². The van der Waals surface area contributed by atoms with E-state index >= 15 is 4.79 Å². The monoisotopic (exact) mass is 2160 g/mol. The fourth-order valence-electron chi connectivity index (χ4n) is 7.21. The van der Waals surface area contributed by atoms with Crippen molar-refractivity contribution in [2.45, 2.75) is 18.3 Å². The van der Waals surface area contributed by atoms with Gasteiger partial charge in [-0.2, -0.15) is 0 Å². The molecule has 3 aromatic carbocycles. The summed E-state index contributed by atoms with van der Waals surface area (Å²) in [6.45, 7) is -7.53. The molecule has 0 saturated carbocycles. The molecule has 9 amide bonds. The molecule has 0 bridgehead atoms. The molecule has 0 radical (unpaired) electrons. The van der Waals surface area contributed by atoms with Gasteiger partial charge < -0.3 is 92.1 Å². The molecular weight excluding hydrogens is 2110 g/mol. The average Bonchev–Trinajstić information content (AvgIpc) is 2.57. The number of aliphatic hydroxyl groups excluding tert-OH is 9. The van der Waals surface area contributed by atoms with Gasteiger partial charge in [0, 0.05) is 77.7 Å². The zero-order chi connectivity index (χ0) is 62.4. The first-order chi connectivity index (χ1) is 38.4. The summed E-state index contributed by atoms with van der Waals surface area (Å²) in [4.78, 5) is 129. The van der Waals surface area contributed by atoms with Gasteiger partial charge in [0.2, 0.25) is 17.7 Å². The van der Waals surface area contributed by atoms with Crippen LogP contribution in [-0.2, 0) is 14.4 Å². The van der Waals surface area contributed by atoms with Crippen molar-refractivity contribution in [2.75, 3.05) is 123 Å². The third-order valence-electron chi connectivity index (χ3n) is 11.2. The second-order valence-electron chi connectivity index (χ2n) is 17.2. The van der Waals surface area contributed by atoms with Gasteiger partial charge in [-0.1, -0.05) is 0 Å². The molecule has 0 aliphatic carbocycles. The Morgan fingerprint density at radius 3 is 0.854 bits per heavy atom. The van der Waals surface area contributed by atoms with E-state index in [-0.39, 0.29) is 128 Å². The summed E-state index contributed by atoms with van der Waals surface area (Å²) in [5.74, 6) is -7.40. The Kier molecular flexibility index (Phi) is 32.5. The highest BCUT2D eigenvalue weighted by Gasteiger charge is 2.35. The average molecular weight is 2160 g/mol. The van der Waals surface area contributed by atoms with E-state index in [1.807, 2.05) is 0 Å². The Balaban J connectivity index is 2.30. The van der Waals surface area contributed by atoms with E-state index in [9.17, 15) is 84.3 Å². The summed E-state index contributed by atoms with van der Waals surface area (Å²) in [5.41, 5.74) is -0.838. The van der Waals surface area contributed by atoms with E-state index in [1.165, 1.54) is 26.0 Å². The third-order valence-corrected chi connectivity index (χ3v) is 20.9. The van der Waals surface area contributed by atoms with E-state index < -0.39 is 111 Å². The molecule has 452 valence electrons. The zero-order valence-electron chi connectivity index (χ0n) is 42.8. The van der Waals surface area contributed by atoms with Gasteiger partial charge in [0.1, 0.15) is 19.8 Å². The van der Waals surface area contributed by atoms with E-state index in [4.69, 9.17) is 0 Å². The van der Waals surface area contributed by atoms with Crippen molar-refractivity contribution in [1.82, 2.24) is 30.2 Å². The molecule has 3 rings (SSSR count). The molecular formula is C46H52I9N9O18. The highest BCUT2D eigenvalue weighted by atomic mass is 127. The number of hydrogen-bond donors (Lipinski definition) is 14. The van der Waals surface area contributed by atoms with Crippen LogP contribution in [0.1, 0.15) is 62.1 Å². The zero-order valence-corrected chi connectivity index (χ0v) is 62.2. The van der Waals surface area contributed by atoms with Crippen LogP contribution < -0.4 is 26.6 Å². The lowest BCUT2D eigenvalue weighted by atomic mass is 10.1. The molecule has 27 nitrogen and oxygen atoms in total. The van der Waals surface area contributed by atoms with Crippen LogP contribution >= 0.6 is 203 Å². The maximum Gasteiger partial charge on any atom is 0.256 e. The lowest BCUT2D eigenvalue weighted by molar-refractivity contribution is -0.119. The molecule has 14 N–H and O–H groups in total. The lowest BCUT2D eigenvalue weighted by Crippen LogP contribution is -2.44. The van der Waals surface area contributed by atoms with Gasteiger partial charge in [-0.05, 0) is 203 Å². The summed E-state index contributed by atoms with van der Waals surface area (Å²) >= 11 is 16.0. The minimum absolute atomic E-state index is 0.0176. The SMILES string of the molecule is CN(CC(O)CO)C(=O)c1c(I)c(NC(=O)CO)c(I)c(C(=O)NCCN(CCNC(=O)c2c(I)c(NC(=O)CO)c(I)c(C(=O)N(C)CC(O)CO)c2I)C(=O)c2c(I)c(NC(=O)CO)c(I)c(C(=O)N(C)CC(O)CO)c2I)c1I. The summed E-state index contributed by atoms with van der Waals surface area (Å²) in [5, 5.41) is 101. The Morgan fingerprint density at radius 2 is 0.610 bits per heavy atom. The fourth-order valence-corrected chi connectivity index (χ4v) is 20.3. The molecule has 36 heteroatoms. The van der Waals surface area contributed by atoms with Crippen molar-refractivity contribution in [1.29, 1.82) is 0 Å². The van der Waals surface area contributed by atoms with Gasteiger partial charge in [0.25, 0.3) is 35.4 Å².